The number of esters is 1. The summed E-state index contributed by atoms with van der Waals surface area (Å²) in [5.74, 6) is -3.85. The minimum absolute atomic E-state index is 0.0214. The van der Waals surface area contributed by atoms with Gasteiger partial charge in [-0.2, -0.15) is 0 Å². The number of rotatable bonds is 7. The number of nitrogens with zero attached hydrogens (tertiary/aromatic N) is 1. The number of likely N-dealkylation sites (tertiary alicyclic amines) is 1. The van der Waals surface area contributed by atoms with Crippen LogP contribution in [0.2, 0.25) is 10.0 Å². The van der Waals surface area contributed by atoms with E-state index in [1.54, 1.807) is 6.07 Å². The number of carbonyl (C=O) groups excluding carboxylic acids is 4. The van der Waals surface area contributed by atoms with Crippen LogP contribution in [-0.4, -0.2) is 41.2 Å². The molecule has 0 spiro atoms. The zero-order chi connectivity index (χ0) is 29.0. The molecule has 210 valence electrons. The van der Waals surface area contributed by atoms with Crippen molar-refractivity contribution < 1.29 is 23.9 Å². The molecule has 0 unspecified atom stereocenters. The van der Waals surface area contributed by atoms with Gasteiger partial charge in [0.2, 0.25) is 11.8 Å². The van der Waals surface area contributed by atoms with E-state index in [0.717, 1.165) is 27.2 Å². The molecule has 3 aliphatic carbocycles. The summed E-state index contributed by atoms with van der Waals surface area (Å²) in [5.41, 5.74) is 4.62. The molecule has 7 nitrogen and oxygen atoms in total. The smallest absolute Gasteiger partial charge is 0.329 e. The van der Waals surface area contributed by atoms with Crippen molar-refractivity contribution in [1.29, 1.82) is 0 Å². The van der Waals surface area contributed by atoms with Crippen molar-refractivity contribution in [2.45, 2.75) is 38.1 Å². The molecule has 9 heteroatoms. The summed E-state index contributed by atoms with van der Waals surface area (Å²) in [6.45, 7) is 3.23. The Morgan fingerprint density at radius 3 is 1.80 bits per heavy atom. The van der Waals surface area contributed by atoms with Crippen LogP contribution in [-0.2, 0) is 23.9 Å². The Balaban J connectivity index is 1.26. The van der Waals surface area contributed by atoms with Gasteiger partial charge in [-0.3, -0.25) is 19.3 Å². The summed E-state index contributed by atoms with van der Waals surface area (Å²) >= 11 is 11.9. The molecule has 0 aromatic heterocycles. The molecule has 4 aliphatic rings. The van der Waals surface area contributed by atoms with Crippen LogP contribution in [0.15, 0.2) is 66.7 Å². The molecule has 1 fully saturated rings. The number of nitrogens with one attached hydrogen (secondary N) is 1. The summed E-state index contributed by atoms with van der Waals surface area (Å²) in [5, 5.41) is 3.21. The van der Waals surface area contributed by atoms with E-state index in [1.807, 2.05) is 62.4 Å². The minimum atomic E-state index is -1.14. The summed E-state index contributed by atoms with van der Waals surface area (Å²) in [7, 11) is 0. The molecule has 1 N–H and O–H groups in total. The third-order valence-electron chi connectivity index (χ3n) is 8.31. The van der Waals surface area contributed by atoms with E-state index in [4.69, 9.17) is 27.9 Å². The third kappa shape index (κ3) is 4.61. The van der Waals surface area contributed by atoms with Gasteiger partial charge >= 0.3 is 5.97 Å². The summed E-state index contributed by atoms with van der Waals surface area (Å²) in [4.78, 5) is 55.4. The van der Waals surface area contributed by atoms with Crippen LogP contribution in [0.3, 0.4) is 0 Å². The van der Waals surface area contributed by atoms with E-state index in [0.29, 0.717) is 10.7 Å². The van der Waals surface area contributed by atoms with Gasteiger partial charge in [-0.25, -0.2) is 4.79 Å². The summed E-state index contributed by atoms with van der Waals surface area (Å²) < 4.78 is 5.39. The van der Waals surface area contributed by atoms with Crippen molar-refractivity contribution >= 4 is 52.6 Å². The van der Waals surface area contributed by atoms with Crippen molar-refractivity contribution in [2.75, 3.05) is 11.9 Å². The highest BCUT2D eigenvalue weighted by Gasteiger charge is 2.63. The quantitative estimate of drug-likeness (QED) is 0.278. The Hall–Kier alpha value is -3.68. The van der Waals surface area contributed by atoms with Crippen molar-refractivity contribution in [3.8, 4) is 0 Å². The highest BCUT2D eigenvalue weighted by molar-refractivity contribution is 6.42. The lowest BCUT2D eigenvalue weighted by Crippen LogP contribution is -2.47. The van der Waals surface area contributed by atoms with E-state index in [-0.39, 0.29) is 41.0 Å². The highest BCUT2D eigenvalue weighted by Crippen LogP contribution is 2.61. The Morgan fingerprint density at radius 1 is 0.829 bits per heavy atom. The fraction of sp³-hybridized carbons (Fsp3) is 0.312. The first-order chi connectivity index (χ1) is 19.7. The van der Waals surface area contributed by atoms with Gasteiger partial charge in [0.15, 0.2) is 6.61 Å². The number of ether oxygens (including phenoxy) is 1. The molecule has 1 saturated heterocycles. The maximum Gasteiger partial charge on any atom is 0.329 e. The predicted octanol–water partition coefficient (Wildman–Crippen LogP) is 5.78. The molecule has 1 aliphatic heterocycles. The zero-order valence-electron chi connectivity index (χ0n) is 22.5. The first kappa shape index (κ1) is 27.5. The third-order valence-corrected chi connectivity index (χ3v) is 9.05. The molecule has 3 amide bonds. The minimum Gasteiger partial charge on any atom is -0.454 e. The lowest BCUT2D eigenvalue weighted by atomic mass is 9.55. The molecule has 2 bridgehead atoms. The predicted molar refractivity (Wildman–Crippen MR) is 155 cm³/mol. The van der Waals surface area contributed by atoms with Crippen molar-refractivity contribution in [1.82, 2.24) is 4.90 Å². The van der Waals surface area contributed by atoms with Gasteiger partial charge < -0.3 is 10.1 Å². The number of hydrogen-bond acceptors (Lipinski definition) is 5. The van der Waals surface area contributed by atoms with E-state index in [9.17, 15) is 19.2 Å². The lowest BCUT2D eigenvalue weighted by Gasteiger charge is -2.45. The Morgan fingerprint density at radius 2 is 1.34 bits per heavy atom. The van der Waals surface area contributed by atoms with E-state index >= 15 is 0 Å². The molecule has 41 heavy (non-hydrogen) atoms. The normalized spacial score (nSPS) is 22.7. The van der Waals surface area contributed by atoms with Crippen LogP contribution in [0.1, 0.15) is 54.4 Å². The zero-order valence-corrected chi connectivity index (χ0v) is 24.0. The number of anilines is 1. The molecule has 1 heterocycles. The maximum absolute atomic E-state index is 14.1. The summed E-state index contributed by atoms with van der Waals surface area (Å²) in [6.07, 6.45) is 0.222. The van der Waals surface area contributed by atoms with Crippen LogP contribution in [0, 0.1) is 17.8 Å². The molecule has 3 aromatic rings. The molecule has 3 aromatic carbocycles. The van der Waals surface area contributed by atoms with Gasteiger partial charge in [-0.05, 0) is 52.8 Å². The fourth-order valence-corrected chi connectivity index (χ4v) is 7.06. The van der Waals surface area contributed by atoms with Crippen LogP contribution in [0.25, 0.3) is 0 Å². The lowest BCUT2D eigenvalue weighted by molar-refractivity contribution is -0.160. The largest absolute Gasteiger partial charge is 0.454 e. The topological polar surface area (TPSA) is 92.8 Å². The molecule has 7 rings (SSSR count). The second-order valence-electron chi connectivity index (χ2n) is 11.2. The van der Waals surface area contributed by atoms with Crippen molar-refractivity contribution in [3.05, 3.63) is 99.0 Å². The van der Waals surface area contributed by atoms with Crippen molar-refractivity contribution in [2.24, 2.45) is 17.8 Å². The molecular formula is C32H28Cl2N2O5. The standard InChI is InChI=1S/C32H28Cl2N2O5/c1-16(2)13-24(32(40)41-15-25(37)35-17-11-12-22(33)23(34)14-17)36-30(38)28-26-18-7-3-4-8-19(18)27(29(28)31(36)39)21-10-6-5-9-20(21)26/h3-12,14,16,24,26-29H,13,15H2,1-2H3,(H,35,37)/t24-,26?,27?,28-,29-/m1/s1. The van der Waals surface area contributed by atoms with Gasteiger partial charge in [0.05, 0.1) is 21.9 Å². The molecular weight excluding hydrogens is 563 g/mol. The Labute approximate surface area is 247 Å². The SMILES string of the molecule is CC(C)C[C@H](C(=O)OCC(=O)Nc1ccc(Cl)c(Cl)c1)N1C(=O)[C@@H]2C3c4ccccc4C(c4ccccc43)[C@H]2C1=O. The van der Waals surface area contributed by atoms with E-state index in [2.05, 4.69) is 5.32 Å². The van der Waals surface area contributed by atoms with Crippen LogP contribution in [0.4, 0.5) is 5.69 Å². The van der Waals surface area contributed by atoms with Gasteiger partial charge in [0.1, 0.15) is 6.04 Å². The van der Waals surface area contributed by atoms with Crippen LogP contribution < -0.4 is 5.32 Å². The van der Waals surface area contributed by atoms with Gasteiger partial charge in [0, 0.05) is 17.5 Å². The number of benzene rings is 3. The van der Waals surface area contributed by atoms with Gasteiger partial charge in [0.25, 0.3) is 5.91 Å². The Kier molecular flexibility index (Phi) is 7.12. The number of imide groups is 1. The molecule has 0 radical (unpaired) electrons. The number of carbonyl (C=O) groups is 4. The number of hydrogen-bond donors (Lipinski definition) is 1. The monoisotopic (exact) mass is 590 g/mol. The first-order valence-corrected chi connectivity index (χ1v) is 14.4. The first-order valence-electron chi connectivity index (χ1n) is 13.6. The average Bonchev–Trinajstić information content (AvgIpc) is 3.22. The fourth-order valence-electron chi connectivity index (χ4n) is 6.76. The van der Waals surface area contributed by atoms with Crippen LogP contribution >= 0.6 is 23.2 Å². The van der Waals surface area contributed by atoms with Crippen molar-refractivity contribution in [3.63, 3.8) is 0 Å². The van der Waals surface area contributed by atoms with Gasteiger partial charge in [-0.15, -0.1) is 0 Å². The van der Waals surface area contributed by atoms with Gasteiger partial charge in [-0.1, -0.05) is 85.6 Å². The summed E-state index contributed by atoms with van der Waals surface area (Å²) in [6, 6.07) is 19.4. The number of halogens is 2. The maximum atomic E-state index is 14.1. The Bertz CT molecular complexity index is 1470. The average molecular weight is 591 g/mol. The second-order valence-corrected chi connectivity index (χ2v) is 12.1. The highest BCUT2D eigenvalue weighted by atomic mass is 35.5. The second kappa shape index (κ2) is 10.6. The van der Waals surface area contributed by atoms with E-state index < -0.39 is 36.4 Å². The molecule has 3 atom stereocenters. The number of amides is 3. The molecule has 0 saturated carbocycles. The van der Waals surface area contributed by atoms with Crippen LogP contribution in [0.5, 0.6) is 0 Å². The van der Waals surface area contributed by atoms with E-state index in [1.165, 1.54) is 12.1 Å².